The number of amides is 1. The van der Waals surface area contributed by atoms with Gasteiger partial charge in [-0.2, -0.15) is 4.31 Å². The molecule has 156 valence electrons. The summed E-state index contributed by atoms with van der Waals surface area (Å²) in [6.45, 7) is 1.53. The average molecular weight is 432 g/mol. The molecule has 1 aromatic carbocycles. The quantitative estimate of drug-likeness (QED) is 0.791. The molecule has 2 N–H and O–H groups in total. The molecule has 28 heavy (non-hydrogen) atoms. The van der Waals surface area contributed by atoms with Crippen molar-refractivity contribution in [1.29, 1.82) is 0 Å². The minimum atomic E-state index is -3.69. The van der Waals surface area contributed by atoms with Crippen LogP contribution in [0.4, 0.5) is 4.39 Å². The number of fused-ring (bicyclic) bond motifs is 2. The largest absolute Gasteiger partial charge is 0.341 e. The monoisotopic (exact) mass is 431 g/mol. The van der Waals surface area contributed by atoms with Gasteiger partial charge in [-0.25, -0.2) is 12.8 Å². The maximum atomic E-state index is 13.1. The van der Waals surface area contributed by atoms with Gasteiger partial charge in [0.15, 0.2) is 0 Å². The van der Waals surface area contributed by atoms with E-state index in [2.05, 4.69) is 0 Å². The zero-order valence-corrected chi connectivity index (χ0v) is 17.3. The van der Waals surface area contributed by atoms with Crippen LogP contribution < -0.4 is 5.73 Å². The summed E-state index contributed by atoms with van der Waals surface area (Å²) in [5, 5.41) is 0. The normalized spacial score (nSPS) is 30.7. The van der Waals surface area contributed by atoms with Crippen LogP contribution in [0.1, 0.15) is 25.7 Å². The Morgan fingerprint density at radius 3 is 2.36 bits per heavy atom. The number of benzene rings is 1. The predicted octanol–water partition coefficient (Wildman–Crippen LogP) is 1.84. The number of hydrogen-bond donors (Lipinski definition) is 1. The molecule has 1 aliphatic heterocycles. The molecule has 3 fully saturated rings. The van der Waals surface area contributed by atoms with Crippen molar-refractivity contribution >= 4 is 28.3 Å². The first-order valence-electron chi connectivity index (χ1n) is 9.68. The van der Waals surface area contributed by atoms with Crippen LogP contribution in [-0.4, -0.2) is 55.8 Å². The van der Waals surface area contributed by atoms with Gasteiger partial charge in [0.25, 0.3) is 0 Å². The summed E-state index contributed by atoms with van der Waals surface area (Å²) in [7, 11) is -3.69. The molecule has 0 aromatic heterocycles. The molecule has 6 nitrogen and oxygen atoms in total. The average Bonchev–Trinajstić information content (AvgIpc) is 3.13. The lowest BCUT2D eigenvalue weighted by Gasteiger charge is -2.32. The summed E-state index contributed by atoms with van der Waals surface area (Å²) in [5.41, 5.74) is 6.31. The van der Waals surface area contributed by atoms with E-state index in [1.807, 2.05) is 0 Å². The van der Waals surface area contributed by atoms with Crippen LogP contribution in [0.3, 0.4) is 0 Å². The fraction of sp³-hybridized carbons (Fsp3) is 0.632. The molecule has 1 aromatic rings. The first kappa shape index (κ1) is 21.5. The number of nitrogens with zero attached hydrogens (tertiary/aromatic N) is 2. The fourth-order valence-electron chi connectivity index (χ4n) is 5.02. The third-order valence-corrected chi connectivity index (χ3v) is 8.40. The Morgan fingerprint density at radius 2 is 1.71 bits per heavy atom. The van der Waals surface area contributed by atoms with Gasteiger partial charge in [-0.1, -0.05) is 0 Å². The second-order valence-electron chi connectivity index (χ2n) is 7.97. The van der Waals surface area contributed by atoms with E-state index in [0.717, 1.165) is 31.4 Å². The topological polar surface area (TPSA) is 83.7 Å². The smallest absolute Gasteiger partial charge is 0.243 e. The van der Waals surface area contributed by atoms with Crippen LogP contribution >= 0.6 is 12.4 Å². The Balaban J connectivity index is 0.00000225. The van der Waals surface area contributed by atoms with E-state index in [1.165, 1.54) is 16.4 Å². The number of rotatable bonds is 3. The van der Waals surface area contributed by atoms with Gasteiger partial charge in [0.1, 0.15) is 5.82 Å². The molecule has 3 aliphatic rings. The summed E-state index contributed by atoms with van der Waals surface area (Å²) < 4.78 is 40.1. The van der Waals surface area contributed by atoms with Crippen molar-refractivity contribution in [2.75, 3.05) is 26.2 Å². The van der Waals surface area contributed by atoms with Gasteiger partial charge in [-0.15, -0.1) is 12.4 Å². The van der Waals surface area contributed by atoms with E-state index < -0.39 is 15.8 Å². The van der Waals surface area contributed by atoms with E-state index in [-0.39, 0.29) is 41.7 Å². The van der Waals surface area contributed by atoms with Gasteiger partial charge in [0.2, 0.25) is 15.9 Å². The minimum absolute atomic E-state index is 0. The predicted molar refractivity (Wildman–Crippen MR) is 106 cm³/mol. The molecule has 1 saturated heterocycles. The molecule has 0 radical (unpaired) electrons. The number of halogens is 2. The third kappa shape index (κ3) is 3.79. The molecular weight excluding hydrogens is 405 g/mol. The second kappa shape index (κ2) is 8.26. The van der Waals surface area contributed by atoms with Crippen LogP contribution in [0.2, 0.25) is 0 Å². The summed E-state index contributed by atoms with van der Waals surface area (Å²) in [5.74, 6) is 0.370. The Morgan fingerprint density at radius 1 is 1.04 bits per heavy atom. The summed E-state index contributed by atoms with van der Waals surface area (Å²) in [6.07, 6.45) is 3.84. The summed E-state index contributed by atoms with van der Waals surface area (Å²) >= 11 is 0. The number of hydrogen-bond acceptors (Lipinski definition) is 4. The molecule has 4 atom stereocenters. The molecule has 1 amide bonds. The molecular formula is C19H27ClFN3O3S. The van der Waals surface area contributed by atoms with Crippen LogP contribution in [-0.2, 0) is 14.8 Å². The molecule has 9 heteroatoms. The standard InChI is InChI=1S/C19H26FN3O3S.ClH/c20-15-4-6-16(7-5-15)27(25,26)23-9-1-8-22(10-11-23)19(24)17-13-2-3-14(12-13)18(17)21;/h4-7,13-14,17-18H,1-3,8-12,21H2;1H. The third-order valence-electron chi connectivity index (χ3n) is 6.48. The number of nitrogens with two attached hydrogens (primary N) is 1. The highest BCUT2D eigenvalue weighted by atomic mass is 35.5. The summed E-state index contributed by atoms with van der Waals surface area (Å²) in [4.78, 5) is 14.9. The van der Waals surface area contributed by atoms with E-state index in [1.54, 1.807) is 4.90 Å². The van der Waals surface area contributed by atoms with Crippen molar-refractivity contribution in [2.24, 2.45) is 23.5 Å². The van der Waals surface area contributed by atoms with Gasteiger partial charge in [0.05, 0.1) is 10.8 Å². The molecule has 2 aliphatic carbocycles. The first-order chi connectivity index (χ1) is 12.9. The van der Waals surface area contributed by atoms with E-state index in [4.69, 9.17) is 5.73 Å². The molecule has 2 saturated carbocycles. The SMILES string of the molecule is Cl.NC1C2CCC(C2)C1C(=O)N1CCCN(S(=O)(=O)c2ccc(F)cc2)CC1. The zero-order chi connectivity index (χ0) is 19.2. The highest BCUT2D eigenvalue weighted by Gasteiger charge is 2.50. The lowest BCUT2D eigenvalue weighted by atomic mass is 9.84. The van der Waals surface area contributed by atoms with Crippen molar-refractivity contribution in [2.45, 2.75) is 36.6 Å². The Labute approximate surface area is 171 Å². The lowest BCUT2D eigenvalue weighted by Crippen LogP contribution is -2.48. The molecule has 2 bridgehead atoms. The maximum absolute atomic E-state index is 13.1. The molecule has 4 unspecified atom stereocenters. The Kier molecular flexibility index (Phi) is 6.34. The molecule has 0 spiro atoms. The summed E-state index contributed by atoms with van der Waals surface area (Å²) in [6, 6.07) is 4.81. The molecule has 4 rings (SSSR count). The van der Waals surface area contributed by atoms with Crippen molar-refractivity contribution in [3.63, 3.8) is 0 Å². The maximum Gasteiger partial charge on any atom is 0.243 e. The van der Waals surface area contributed by atoms with Crippen molar-refractivity contribution in [1.82, 2.24) is 9.21 Å². The van der Waals surface area contributed by atoms with Gasteiger partial charge in [-0.3, -0.25) is 4.79 Å². The van der Waals surface area contributed by atoms with E-state index in [0.29, 0.717) is 37.9 Å². The van der Waals surface area contributed by atoms with Crippen molar-refractivity contribution < 1.29 is 17.6 Å². The van der Waals surface area contributed by atoms with Crippen molar-refractivity contribution in [3.8, 4) is 0 Å². The van der Waals surface area contributed by atoms with Crippen LogP contribution in [0.25, 0.3) is 0 Å². The Bertz CT molecular complexity index is 818. The van der Waals surface area contributed by atoms with Crippen molar-refractivity contribution in [3.05, 3.63) is 30.1 Å². The van der Waals surface area contributed by atoms with Gasteiger partial charge >= 0.3 is 0 Å². The number of carbonyl (C=O) groups excluding carboxylic acids is 1. The molecule has 1 heterocycles. The van der Waals surface area contributed by atoms with E-state index >= 15 is 0 Å². The minimum Gasteiger partial charge on any atom is -0.341 e. The van der Waals surface area contributed by atoms with Crippen LogP contribution in [0.5, 0.6) is 0 Å². The number of carbonyl (C=O) groups is 1. The number of sulfonamides is 1. The second-order valence-corrected chi connectivity index (χ2v) is 9.91. The van der Waals surface area contributed by atoms with Gasteiger partial charge in [0, 0.05) is 32.2 Å². The first-order valence-corrected chi connectivity index (χ1v) is 11.1. The highest BCUT2D eigenvalue weighted by Crippen LogP contribution is 2.48. The van der Waals surface area contributed by atoms with Gasteiger partial charge in [-0.05, 0) is 61.8 Å². The Hall–Kier alpha value is -1.22. The zero-order valence-electron chi connectivity index (χ0n) is 15.7. The highest BCUT2D eigenvalue weighted by molar-refractivity contribution is 7.89. The van der Waals surface area contributed by atoms with Crippen LogP contribution in [0, 0.1) is 23.6 Å². The van der Waals surface area contributed by atoms with Gasteiger partial charge < -0.3 is 10.6 Å². The van der Waals surface area contributed by atoms with E-state index in [9.17, 15) is 17.6 Å². The fourth-order valence-corrected chi connectivity index (χ4v) is 6.49. The van der Waals surface area contributed by atoms with Crippen LogP contribution in [0.15, 0.2) is 29.2 Å². The lowest BCUT2D eigenvalue weighted by molar-refractivity contribution is -0.137.